The molecule has 66 valence electrons. The summed E-state index contributed by atoms with van der Waals surface area (Å²) in [6.07, 6.45) is 11.4. The molecule has 0 radical (unpaired) electrons. The molecule has 3 atom stereocenters. The summed E-state index contributed by atoms with van der Waals surface area (Å²) in [6.45, 7) is 0. The van der Waals surface area contributed by atoms with Gasteiger partial charge in [-0.05, 0) is 74.0 Å². The number of hydrogen-bond donors (Lipinski definition) is 0. The Morgan fingerprint density at radius 1 is 0.917 bits per heavy atom. The van der Waals surface area contributed by atoms with Crippen molar-refractivity contribution in [3.63, 3.8) is 0 Å². The summed E-state index contributed by atoms with van der Waals surface area (Å²) in [4.78, 5) is 0. The van der Waals surface area contributed by atoms with Crippen LogP contribution in [0.5, 0.6) is 0 Å². The van der Waals surface area contributed by atoms with Crippen molar-refractivity contribution in [2.24, 2.45) is 29.1 Å². The van der Waals surface area contributed by atoms with Gasteiger partial charge in [-0.1, -0.05) is 0 Å². The fourth-order valence-electron chi connectivity index (χ4n) is 5.47. The molecule has 12 heavy (non-hydrogen) atoms. The third-order valence-electron chi connectivity index (χ3n) is 5.64. The summed E-state index contributed by atoms with van der Waals surface area (Å²) < 4.78 is 0. The van der Waals surface area contributed by atoms with Crippen molar-refractivity contribution in [1.82, 2.24) is 0 Å². The molecule has 5 saturated carbocycles. The molecule has 0 aromatic rings. The van der Waals surface area contributed by atoms with E-state index < -0.39 is 0 Å². The molecule has 4 bridgehead atoms. The molecule has 5 aliphatic carbocycles. The Morgan fingerprint density at radius 3 is 2.17 bits per heavy atom. The van der Waals surface area contributed by atoms with E-state index in [1.807, 2.05) is 0 Å². The highest BCUT2D eigenvalue weighted by Crippen LogP contribution is 2.70. The Bertz CT molecular complexity index is 216. The first-order valence-electron chi connectivity index (χ1n) is 5.86. The molecule has 0 nitrogen and oxygen atoms in total. The number of rotatable bonds is 0. The van der Waals surface area contributed by atoms with Gasteiger partial charge >= 0.3 is 0 Å². The Balaban J connectivity index is 1.80. The summed E-state index contributed by atoms with van der Waals surface area (Å²) in [5.41, 5.74) is 0.939. The van der Waals surface area contributed by atoms with Gasteiger partial charge in [0.1, 0.15) is 0 Å². The molecule has 0 N–H and O–H groups in total. The van der Waals surface area contributed by atoms with Crippen LogP contribution >= 0.6 is 0 Å². The maximum absolute atomic E-state index is 1.64. The summed E-state index contributed by atoms with van der Waals surface area (Å²) in [6, 6.07) is 0. The zero-order valence-electron chi connectivity index (χ0n) is 7.76. The van der Waals surface area contributed by atoms with Crippen molar-refractivity contribution in [2.75, 3.05) is 0 Å². The SMILES string of the molecule is C1C2CC3CC1CC1(CCC31)C2. The lowest BCUT2D eigenvalue weighted by Crippen LogP contribution is -2.57. The Morgan fingerprint density at radius 2 is 1.67 bits per heavy atom. The van der Waals surface area contributed by atoms with Crippen molar-refractivity contribution in [3.05, 3.63) is 0 Å². The van der Waals surface area contributed by atoms with Gasteiger partial charge in [0.05, 0.1) is 0 Å². The van der Waals surface area contributed by atoms with Crippen molar-refractivity contribution >= 4 is 0 Å². The highest BCUT2D eigenvalue weighted by atomic mass is 14.7. The summed E-state index contributed by atoms with van der Waals surface area (Å²) in [5.74, 6) is 4.77. The van der Waals surface area contributed by atoms with Gasteiger partial charge in [0.25, 0.3) is 0 Å². The Hall–Kier alpha value is 0. The van der Waals surface area contributed by atoms with E-state index in [-0.39, 0.29) is 0 Å². The van der Waals surface area contributed by atoms with Gasteiger partial charge in [-0.3, -0.25) is 0 Å². The third kappa shape index (κ3) is 0.561. The topological polar surface area (TPSA) is 0 Å². The molecule has 3 unspecified atom stereocenters. The van der Waals surface area contributed by atoms with E-state index in [1.54, 1.807) is 44.9 Å². The molecule has 5 rings (SSSR count). The summed E-state index contributed by atoms with van der Waals surface area (Å²) in [7, 11) is 0. The molecule has 0 heterocycles. The standard InChI is InChI=1S/C12H18/c1-2-12-6-8-3-9(7-12)5-10(4-8)11(1)12/h8-11H,1-7H2. The fourth-order valence-corrected chi connectivity index (χ4v) is 5.47. The van der Waals surface area contributed by atoms with Crippen molar-refractivity contribution in [2.45, 2.75) is 44.9 Å². The lowest BCUT2D eigenvalue weighted by Gasteiger charge is -2.67. The van der Waals surface area contributed by atoms with Crippen LogP contribution in [0.25, 0.3) is 0 Å². The van der Waals surface area contributed by atoms with Crippen molar-refractivity contribution in [1.29, 1.82) is 0 Å². The van der Waals surface area contributed by atoms with E-state index in [4.69, 9.17) is 0 Å². The van der Waals surface area contributed by atoms with Crippen LogP contribution in [0.4, 0.5) is 0 Å². The second kappa shape index (κ2) is 1.76. The van der Waals surface area contributed by atoms with Gasteiger partial charge in [-0.2, -0.15) is 0 Å². The maximum atomic E-state index is 1.64. The Kier molecular flexibility index (Phi) is 0.946. The average molecular weight is 162 g/mol. The molecule has 0 amide bonds. The van der Waals surface area contributed by atoms with Gasteiger partial charge in [0.15, 0.2) is 0 Å². The Labute approximate surface area is 74.7 Å². The van der Waals surface area contributed by atoms with Gasteiger partial charge in [0, 0.05) is 0 Å². The molecule has 5 fully saturated rings. The van der Waals surface area contributed by atoms with E-state index in [9.17, 15) is 0 Å². The van der Waals surface area contributed by atoms with Crippen LogP contribution < -0.4 is 0 Å². The van der Waals surface area contributed by atoms with Crippen LogP contribution in [-0.2, 0) is 0 Å². The molecule has 1 spiro atoms. The zero-order valence-corrected chi connectivity index (χ0v) is 7.76. The van der Waals surface area contributed by atoms with Crippen LogP contribution in [0.1, 0.15) is 44.9 Å². The quantitative estimate of drug-likeness (QED) is 0.513. The average Bonchev–Trinajstić information content (AvgIpc) is 1.98. The molecule has 0 aromatic heterocycles. The first-order chi connectivity index (χ1) is 5.86. The molecule has 0 aromatic carbocycles. The largest absolute Gasteiger partial charge is 0.0491 e. The molecular formula is C12H18. The minimum atomic E-state index is 0.939. The molecular weight excluding hydrogens is 144 g/mol. The molecule has 0 heteroatoms. The highest BCUT2D eigenvalue weighted by molar-refractivity contribution is 5.10. The van der Waals surface area contributed by atoms with E-state index in [0.717, 1.165) is 5.41 Å². The first-order valence-corrected chi connectivity index (χ1v) is 5.86. The first kappa shape index (κ1) is 6.45. The maximum Gasteiger partial charge on any atom is -0.0261 e. The van der Waals surface area contributed by atoms with Gasteiger partial charge < -0.3 is 0 Å². The van der Waals surface area contributed by atoms with E-state index >= 15 is 0 Å². The predicted molar refractivity (Wildman–Crippen MR) is 48.7 cm³/mol. The van der Waals surface area contributed by atoms with E-state index in [2.05, 4.69) is 0 Å². The van der Waals surface area contributed by atoms with Crippen LogP contribution in [0, 0.1) is 29.1 Å². The van der Waals surface area contributed by atoms with Gasteiger partial charge in [0.2, 0.25) is 0 Å². The predicted octanol–water partition coefficient (Wildman–Crippen LogP) is 3.22. The van der Waals surface area contributed by atoms with Gasteiger partial charge in [-0.15, -0.1) is 0 Å². The van der Waals surface area contributed by atoms with E-state index in [1.165, 1.54) is 23.7 Å². The number of hydrogen-bond acceptors (Lipinski definition) is 0. The fraction of sp³-hybridized carbons (Fsp3) is 1.00. The lowest BCUT2D eigenvalue weighted by molar-refractivity contribution is -0.169. The van der Waals surface area contributed by atoms with Crippen LogP contribution in [-0.4, -0.2) is 0 Å². The smallest absolute Gasteiger partial charge is 0.0261 e. The lowest BCUT2D eigenvalue weighted by atomic mass is 9.38. The minimum absolute atomic E-state index is 0.939. The molecule has 5 aliphatic rings. The third-order valence-corrected chi connectivity index (χ3v) is 5.64. The second-order valence-corrected chi connectivity index (χ2v) is 6.12. The normalized spacial score (nSPS) is 66.0. The second-order valence-electron chi connectivity index (χ2n) is 6.12. The monoisotopic (exact) mass is 162 g/mol. The van der Waals surface area contributed by atoms with Crippen LogP contribution in [0.3, 0.4) is 0 Å². The van der Waals surface area contributed by atoms with E-state index in [0.29, 0.717) is 0 Å². The van der Waals surface area contributed by atoms with Crippen molar-refractivity contribution < 1.29 is 0 Å². The minimum Gasteiger partial charge on any atom is -0.0491 e. The van der Waals surface area contributed by atoms with Gasteiger partial charge in [-0.25, -0.2) is 0 Å². The zero-order chi connectivity index (χ0) is 7.76. The summed E-state index contributed by atoms with van der Waals surface area (Å²) >= 11 is 0. The van der Waals surface area contributed by atoms with Crippen molar-refractivity contribution in [3.8, 4) is 0 Å². The van der Waals surface area contributed by atoms with Crippen LogP contribution in [0.15, 0.2) is 0 Å². The highest BCUT2D eigenvalue weighted by Gasteiger charge is 2.60. The summed E-state index contributed by atoms with van der Waals surface area (Å²) in [5, 5.41) is 0. The molecule has 0 aliphatic heterocycles. The van der Waals surface area contributed by atoms with Crippen LogP contribution in [0.2, 0.25) is 0 Å². The molecule has 0 saturated heterocycles.